The molecule has 0 aliphatic carbocycles. The van der Waals surface area contributed by atoms with Crippen molar-refractivity contribution in [3.8, 4) is 11.4 Å². The fourth-order valence-electron chi connectivity index (χ4n) is 2.38. The average molecular weight is 340 g/mol. The highest BCUT2D eigenvalue weighted by Gasteiger charge is 2.16. The monoisotopic (exact) mass is 340 g/mol. The van der Waals surface area contributed by atoms with Crippen molar-refractivity contribution < 1.29 is 4.79 Å². The first kappa shape index (κ1) is 16.8. The van der Waals surface area contributed by atoms with Gasteiger partial charge in [-0.05, 0) is 26.0 Å². The molecule has 3 aromatic rings. The largest absolute Gasteiger partial charge is 0.345 e. The highest BCUT2D eigenvalue weighted by molar-refractivity contribution is 5.94. The molecule has 0 unspecified atom stereocenters. The van der Waals surface area contributed by atoms with Crippen molar-refractivity contribution in [1.29, 1.82) is 0 Å². The molecule has 25 heavy (non-hydrogen) atoms. The third kappa shape index (κ3) is 4.07. The van der Waals surface area contributed by atoms with E-state index in [0.29, 0.717) is 29.5 Å². The van der Waals surface area contributed by atoms with Crippen molar-refractivity contribution in [2.24, 2.45) is 5.73 Å². The van der Waals surface area contributed by atoms with Crippen LogP contribution in [0.2, 0.25) is 0 Å². The van der Waals surface area contributed by atoms with Crippen molar-refractivity contribution in [1.82, 2.24) is 35.3 Å². The molecule has 0 bridgehead atoms. The van der Waals surface area contributed by atoms with Crippen LogP contribution in [0.3, 0.4) is 0 Å². The summed E-state index contributed by atoms with van der Waals surface area (Å²) in [6, 6.07) is 3.68. The molecule has 0 fully saturated rings. The summed E-state index contributed by atoms with van der Waals surface area (Å²) in [5.41, 5.74) is 8.25. The molecule has 1 atom stereocenters. The van der Waals surface area contributed by atoms with Gasteiger partial charge >= 0.3 is 0 Å². The highest BCUT2D eigenvalue weighted by atomic mass is 16.1. The predicted octanol–water partition coefficient (Wildman–Crippen LogP) is 0.649. The number of pyridine rings is 1. The molecule has 3 aromatic heterocycles. The van der Waals surface area contributed by atoms with E-state index in [0.717, 1.165) is 5.56 Å². The quantitative estimate of drug-likeness (QED) is 0.604. The molecule has 0 aromatic carbocycles. The third-order valence-electron chi connectivity index (χ3n) is 3.53. The van der Waals surface area contributed by atoms with E-state index in [1.807, 2.05) is 19.1 Å². The number of hydrogen-bond donors (Lipinski definition) is 3. The minimum atomic E-state index is -0.273. The Morgan fingerprint density at radius 3 is 3.04 bits per heavy atom. The molecule has 3 heterocycles. The SMILES string of the molecule is Cc1[nH]c(-c2cccnc2)nc1C(=O)NCc1cn(C[C@H](C)N)nn1. The lowest BCUT2D eigenvalue weighted by Crippen LogP contribution is -2.24. The van der Waals surface area contributed by atoms with Gasteiger partial charge in [0.05, 0.1) is 19.3 Å². The molecule has 3 rings (SSSR count). The number of carbonyl (C=O) groups is 1. The molecular weight excluding hydrogens is 320 g/mol. The zero-order valence-electron chi connectivity index (χ0n) is 14.1. The first-order valence-electron chi connectivity index (χ1n) is 7.92. The molecule has 0 aliphatic heterocycles. The van der Waals surface area contributed by atoms with Crippen molar-refractivity contribution in [2.45, 2.75) is 33.0 Å². The highest BCUT2D eigenvalue weighted by Crippen LogP contribution is 2.16. The van der Waals surface area contributed by atoms with Crippen LogP contribution in [-0.4, -0.2) is 41.9 Å². The van der Waals surface area contributed by atoms with E-state index in [1.54, 1.807) is 30.2 Å². The molecule has 0 radical (unpaired) electrons. The van der Waals surface area contributed by atoms with Crippen LogP contribution in [0.5, 0.6) is 0 Å². The summed E-state index contributed by atoms with van der Waals surface area (Å²) in [6.45, 7) is 4.55. The minimum absolute atomic E-state index is 0.0123. The van der Waals surface area contributed by atoms with Crippen LogP contribution < -0.4 is 11.1 Å². The Balaban J connectivity index is 1.65. The summed E-state index contributed by atoms with van der Waals surface area (Å²) in [4.78, 5) is 23.9. The number of amides is 1. The van der Waals surface area contributed by atoms with Gasteiger partial charge in [-0.3, -0.25) is 14.5 Å². The molecule has 9 nitrogen and oxygen atoms in total. The first-order chi connectivity index (χ1) is 12.0. The maximum absolute atomic E-state index is 12.4. The summed E-state index contributed by atoms with van der Waals surface area (Å²) in [7, 11) is 0. The molecule has 1 amide bonds. The lowest BCUT2D eigenvalue weighted by atomic mass is 10.3. The Morgan fingerprint density at radius 1 is 1.48 bits per heavy atom. The zero-order chi connectivity index (χ0) is 17.8. The number of nitrogens with zero attached hydrogens (tertiary/aromatic N) is 5. The van der Waals surface area contributed by atoms with Crippen LogP contribution in [0, 0.1) is 6.92 Å². The minimum Gasteiger partial charge on any atom is -0.345 e. The van der Waals surface area contributed by atoms with E-state index in [9.17, 15) is 4.79 Å². The van der Waals surface area contributed by atoms with Gasteiger partial charge in [0.15, 0.2) is 0 Å². The van der Waals surface area contributed by atoms with Gasteiger partial charge in [-0.15, -0.1) is 5.10 Å². The van der Waals surface area contributed by atoms with Crippen molar-refractivity contribution >= 4 is 5.91 Å². The summed E-state index contributed by atoms with van der Waals surface area (Å²) in [5, 5.41) is 10.8. The first-order valence-corrected chi connectivity index (χ1v) is 7.92. The summed E-state index contributed by atoms with van der Waals surface area (Å²) in [5.74, 6) is 0.337. The lowest BCUT2D eigenvalue weighted by molar-refractivity contribution is 0.0945. The van der Waals surface area contributed by atoms with Crippen LogP contribution >= 0.6 is 0 Å². The molecule has 0 saturated heterocycles. The van der Waals surface area contributed by atoms with E-state index >= 15 is 0 Å². The van der Waals surface area contributed by atoms with E-state index < -0.39 is 0 Å². The molecule has 0 saturated carbocycles. The number of hydrogen-bond acceptors (Lipinski definition) is 6. The molecule has 130 valence electrons. The number of nitrogens with two attached hydrogens (primary N) is 1. The number of nitrogens with one attached hydrogen (secondary N) is 2. The van der Waals surface area contributed by atoms with E-state index in [-0.39, 0.29) is 18.5 Å². The third-order valence-corrected chi connectivity index (χ3v) is 3.53. The Labute approximate surface area is 144 Å². The zero-order valence-corrected chi connectivity index (χ0v) is 14.1. The second-order valence-electron chi connectivity index (χ2n) is 5.89. The molecular formula is C16H20N8O. The van der Waals surface area contributed by atoms with Gasteiger partial charge in [-0.25, -0.2) is 4.98 Å². The van der Waals surface area contributed by atoms with Crippen LogP contribution in [-0.2, 0) is 13.1 Å². The number of aromatic amines is 1. The summed E-state index contributed by atoms with van der Waals surface area (Å²) in [6.07, 6.45) is 5.14. The number of aryl methyl sites for hydroxylation is 1. The summed E-state index contributed by atoms with van der Waals surface area (Å²) < 4.78 is 1.66. The topological polar surface area (TPSA) is 127 Å². The van der Waals surface area contributed by atoms with Gasteiger partial charge in [-0.1, -0.05) is 5.21 Å². The molecule has 9 heteroatoms. The fraction of sp³-hybridized carbons (Fsp3) is 0.312. The number of H-pyrrole nitrogens is 1. The predicted molar refractivity (Wildman–Crippen MR) is 91.4 cm³/mol. The van der Waals surface area contributed by atoms with E-state index in [1.165, 1.54) is 0 Å². The summed E-state index contributed by atoms with van der Waals surface area (Å²) >= 11 is 0. The van der Waals surface area contributed by atoms with E-state index in [2.05, 4.69) is 30.6 Å². The molecule has 4 N–H and O–H groups in total. The fourth-order valence-corrected chi connectivity index (χ4v) is 2.38. The van der Waals surface area contributed by atoms with Crippen LogP contribution in [0.25, 0.3) is 11.4 Å². The van der Waals surface area contributed by atoms with Gasteiger partial charge in [0, 0.05) is 29.7 Å². The van der Waals surface area contributed by atoms with Gasteiger partial charge < -0.3 is 16.0 Å². The van der Waals surface area contributed by atoms with Crippen LogP contribution in [0.15, 0.2) is 30.7 Å². The molecule has 0 aliphatic rings. The Bertz CT molecular complexity index is 852. The maximum atomic E-state index is 12.4. The van der Waals surface area contributed by atoms with Crippen molar-refractivity contribution in [2.75, 3.05) is 0 Å². The smallest absolute Gasteiger partial charge is 0.272 e. The molecule has 0 spiro atoms. The second-order valence-corrected chi connectivity index (χ2v) is 5.89. The van der Waals surface area contributed by atoms with Crippen molar-refractivity contribution in [3.63, 3.8) is 0 Å². The number of imidazole rings is 1. The van der Waals surface area contributed by atoms with Crippen LogP contribution in [0.1, 0.15) is 28.8 Å². The average Bonchev–Trinajstić information content (AvgIpc) is 3.19. The standard InChI is InChI=1S/C16H20N8O/c1-10(17)8-24-9-13(22-23-24)7-19-16(25)14-11(2)20-15(21-14)12-4-3-5-18-6-12/h3-6,9-10H,7-8,17H2,1-2H3,(H,19,25)(H,20,21)/t10-/m0/s1. The normalized spacial score (nSPS) is 12.1. The number of carbonyl (C=O) groups excluding carboxylic acids is 1. The maximum Gasteiger partial charge on any atom is 0.272 e. The van der Waals surface area contributed by atoms with Gasteiger partial charge in [-0.2, -0.15) is 0 Å². The van der Waals surface area contributed by atoms with Gasteiger partial charge in [0.1, 0.15) is 17.2 Å². The van der Waals surface area contributed by atoms with E-state index in [4.69, 9.17) is 5.73 Å². The Hall–Kier alpha value is -3.07. The lowest BCUT2D eigenvalue weighted by Gasteiger charge is -2.03. The Morgan fingerprint density at radius 2 is 2.32 bits per heavy atom. The number of aromatic nitrogens is 6. The van der Waals surface area contributed by atoms with Crippen LogP contribution in [0.4, 0.5) is 0 Å². The second kappa shape index (κ2) is 7.22. The Kier molecular flexibility index (Phi) is 4.85. The van der Waals surface area contributed by atoms with Gasteiger partial charge in [0.2, 0.25) is 0 Å². The van der Waals surface area contributed by atoms with Gasteiger partial charge in [0.25, 0.3) is 5.91 Å². The van der Waals surface area contributed by atoms with Crippen molar-refractivity contribution in [3.05, 3.63) is 47.8 Å². The number of rotatable bonds is 6.